The van der Waals surface area contributed by atoms with Gasteiger partial charge in [-0.1, -0.05) is 6.92 Å². The monoisotopic (exact) mass is 175 g/mol. The summed E-state index contributed by atoms with van der Waals surface area (Å²) < 4.78 is 4.64. The van der Waals surface area contributed by atoms with Crippen molar-refractivity contribution in [1.29, 1.82) is 0 Å². The van der Waals surface area contributed by atoms with Gasteiger partial charge in [-0.2, -0.15) is 0 Å². The standard InChI is InChI=1S/C6H12O2.Co/c1-3-5-6(7)8-4-2;/h3-5H2,1-2H3;. The molecule has 2 nitrogen and oxygen atoms in total. The fourth-order valence-corrected chi connectivity index (χ4v) is 0.437. The van der Waals surface area contributed by atoms with Gasteiger partial charge in [0, 0.05) is 23.2 Å². The maximum atomic E-state index is 10.4. The Balaban J connectivity index is 0. The zero-order valence-electron chi connectivity index (χ0n) is 5.77. The second-order valence-corrected chi connectivity index (χ2v) is 1.56. The summed E-state index contributed by atoms with van der Waals surface area (Å²) in [5.41, 5.74) is 0. The molecule has 0 aromatic heterocycles. The Labute approximate surface area is 66.2 Å². The smallest absolute Gasteiger partial charge is 0.305 e. The van der Waals surface area contributed by atoms with Crippen molar-refractivity contribution in [2.75, 3.05) is 6.61 Å². The molecule has 9 heavy (non-hydrogen) atoms. The first kappa shape index (κ1) is 11.7. The summed E-state index contributed by atoms with van der Waals surface area (Å²) in [6.07, 6.45) is 1.42. The summed E-state index contributed by atoms with van der Waals surface area (Å²) >= 11 is 0. The molecule has 0 spiro atoms. The van der Waals surface area contributed by atoms with Crippen molar-refractivity contribution in [3.63, 3.8) is 0 Å². The summed E-state index contributed by atoms with van der Waals surface area (Å²) in [5, 5.41) is 0. The van der Waals surface area contributed by atoms with Crippen LogP contribution in [0, 0.1) is 0 Å². The van der Waals surface area contributed by atoms with Crippen LogP contribution in [0.25, 0.3) is 0 Å². The fraction of sp³-hybridized carbons (Fsp3) is 0.833. The second-order valence-electron chi connectivity index (χ2n) is 1.56. The molecule has 0 aliphatic carbocycles. The van der Waals surface area contributed by atoms with Crippen LogP contribution in [0.2, 0.25) is 0 Å². The van der Waals surface area contributed by atoms with E-state index in [9.17, 15) is 4.79 Å². The molecule has 0 aromatic rings. The third kappa shape index (κ3) is 7.98. The number of hydrogen-bond acceptors (Lipinski definition) is 2. The average Bonchev–Trinajstić information content (AvgIpc) is 1.68. The summed E-state index contributed by atoms with van der Waals surface area (Å²) in [7, 11) is 0. The van der Waals surface area contributed by atoms with Crippen molar-refractivity contribution < 1.29 is 26.3 Å². The van der Waals surface area contributed by atoms with Gasteiger partial charge in [-0.15, -0.1) is 0 Å². The molecule has 0 aliphatic rings. The minimum absolute atomic E-state index is 0. The molecule has 0 fully saturated rings. The van der Waals surface area contributed by atoms with Gasteiger partial charge in [-0.05, 0) is 13.3 Å². The third-order valence-electron chi connectivity index (χ3n) is 0.759. The molecule has 0 aliphatic heterocycles. The van der Waals surface area contributed by atoms with Gasteiger partial charge in [-0.25, -0.2) is 0 Å². The van der Waals surface area contributed by atoms with E-state index in [1.165, 1.54) is 0 Å². The zero-order chi connectivity index (χ0) is 6.41. The first-order valence-corrected chi connectivity index (χ1v) is 2.96. The van der Waals surface area contributed by atoms with Gasteiger partial charge in [0.2, 0.25) is 0 Å². The van der Waals surface area contributed by atoms with Gasteiger partial charge in [0.1, 0.15) is 0 Å². The molecule has 0 atom stereocenters. The summed E-state index contributed by atoms with van der Waals surface area (Å²) in [6.45, 7) is 4.27. The van der Waals surface area contributed by atoms with Gasteiger partial charge < -0.3 is 4.74 Å². The van der Waals surface area contributed by atoms with Crippen molar-refractivity contribution >= 4 is 5.97 Å². The van der Waals surface area contributed by atoms with Gasteiger partial charge in [0.25, 0.3) is 0 Å². The molecule has 0 saturated carbocycles. The minimum atomic E-state index is -0.0880. The predicted octanol–water partition coefficient (Wildman–Crippen LogP) is 1.35. The van der Waals surface area contributed by atoms with E-state index in [4.69, 9.17) is 0 Å². The second kappa shape index (κ2) is 7.98. The molecule has 0 bridgehead atoms. The first-order chi connectivity index (χ1) is 3.81. The van der Waals surface area contributed by atoms with Gasteiger partial charge >= 0.3 is 5.97 Å². The summed E-state index contributed by atoms with van der Waals surface area (Å²) in [6, 6.07) is 0. The molecule has 0 amide bonds. The van der Waals surface area contributed by atoms with Crippen molar-refractivity contribution in [3.8, 4) is 0 Å². The van der Waals surface area contributed by atoms with Gasteiger partial charge in [-0.3, -0.25) is 4.79 Å². The van der Waals surface area contributed by atoms with Crippen LogP contribution in [0.15, 0.2) is 0 Å². The normalized spacial score (nSPS) is 7.78. The topological polar surface area (TPSA) is 26.3 Å². The third-order valence-corrected chi connectivity index (χ3v) is 0.759. The van der Waals surface area contributed by atoms with E-state index in [0.717, 1.165) is 6.42 Å². The van der Waals surface area contributed by atoms with E-state index < -0.39 is 0 Å². The summed E-state index contributed by atoms with van der Waals surface area (Å²) in [4.78, 5) is 10.4. The SMILES string of the molecule is CCCC(=O)OCC.[Co]. The molecule has 0 saturated heterocycles. The number of carbonyl (C=O) groups excluding carboxylic acids is 1. The van der Waals surface area contributed by atoms with E-state index in [-0.39, 0.29) is 22.7 Å². The van der Waals surface area contributed by atoms with E-state index in [0.29, 0.717) is 13.0 Å². The van der Waals surface area contributed by atoms with Gasteiger partial charge in [0.15, 0.2) is 0 Å². The van der Waals surface area contributed by atoms with E-state index >= 15 is 0 Å². The van der Waals surface area contributed by atoms with E-state index in [1.807, 2.05) is 13.8 Å². The first-order valence-electron chi connectivity index (χ1n) is 2.96. The maximum absolute atomic E-state index is 10.4. The van der Waals surface area contributed by atoms with Crippen molar-refractivity contribution in [2.45, 2.75) is 26.7 Å². The van der Waals surface area contributed by atoms with Crippen LogP contribution < -0.4 is 0 Å². The fourth-order valence-electron chi connectivity index (χ4n) is 0.437. The Kier molecular flexibility index (Phi) is 10.4. The largest absolute Gasteiger partial charge is 0.466 e. The van der Waals surface area contributed by atoms with Crippen LogP contribution in [-0.4, -0.2) is 12.6 Å². The van der Waals surface area contributed by atoms with Crippen molar-refractivity contribution in [3.05, 3.63) is 0 Å². The quantitative estimate of drug-likeness (QED) is 0.605. The molecule has 0 rings (SSSR count). The van der Waals surface area contributed by atoms with Crippen LogP contribution in [0.1, 0.15) is 26.7 Å². The molecule has 1 radical (unpaired) electrons. The minimum Gasteiger partial charge on any atom is -0.466 e. The van der Waals surface area contributed by atoms with Crippen LogP contribution in [0.3, 0.4) is 0 Å². The maximum Gasteiger partial charge on any atom is 0.305 e. The molecule has 0 heterocycles. The predicted molar refractivity (Wildman–Crippen MR) is 31.5 cm³/mol. The molecule has 57 valence electrons. The summed E-state index contributed by atoms with van der Waals surface area (Å²) in [5.74, 6) is -0.0880. The number of esters is 1. The molecular formula is C6H12CoO2. The van der Waals surface area contributed by atoms with Crippen LogP contribution in [0.4, 0.5) is 0 Å². The molecule has 3 heteroatoms. The number of ether oxygens (including phenoxy) is 1. The Bertz CT molecular complexity index is 65.5. The van der Waals surface area contributed by atoms with Crippen LogP contribution in [0.5, 0.6) is 0 Å². The van der Waals surface area contributed by atoms with Crippen molar-refractivity contribution in [2.24, 2.45) is 0 Å². The Morgan fingerprint density at radius 3 is 2.33 bits per heavy atom. The molecule has 0 unspecified atom stereocenters. The molecule has 0 N–H and O–H groups in total. The van der Waals surface area contributed by atoms with Crippen molar-refractivity contribution in [1.82, 2.24) is 0 Å². The van der Waals surface area contributed by atoms with Crippen LogP contribution in [-0.2, 0) is 26.3 Å². The number of rotatable bonds is 3. The van der Waals surface area contributed by atoms with Gasteiger partial charge in [0.05, 0.1) is 6.61 Å². The Morgan fingerprint density at radius 2 is 2.00 bits per heavy atom. The molecular weight excluding hydrogens is 163 g/mol. The Hall–Kier alpha value is -0.0235. The average molecular weight is 175 g/mol. The van der Waals surface area contributed by atoms with E-state index in [2.05, 4.69) is 4.74 Å². The Morgan fingerprint density at radius 1 is 1.44 bits per heavy atom. The number of carbonyl (C=O) groups is 1. The van der Waals surface area contributed by atoms with E-state index in [1.54, 1.807) is 0 Å². The molecule has 0 aromatic carbocycles. The number of hydrogen-bond donors (Lipinski definition) is 0. The van der Waals surface area contributed by atoms with Crippen LogP contribution >= 0.6 is 0 Å². The zero-order valence-corrected chi connectivity index (χ0v) is 6.81.